The molecule has 1 aliphatic rings. The highest BCUT2D eigenvalue weighted by Gasteiger charge is 2.27. The van der Waals surface area contributed by atoms with Crippen LogP contribution in [0.1, 0.15) is 50.6 Å². The minimum absolute atomic E-state index is 0.160. The average Bonchev–Trinajstić information content (AvgIpc) is 2.46. The van der Waals surface area contributed by atoms with Crippen LogP contribution < -0.4 is 5.32 Å². The minimum Gasteiger partial charge on any atom is -0.480 e. The summed E-state index contributed by atoms with van der Waals surface area (Å²) in [6.45, 7) is 1.72. The standard InChI is InChI=1S/C16H23NO2/c1-12(16(18)19)17-15(13-8-4-2-5-9-13)14-10-6-3-7-11-14/h2,4-5,8-9,12,14-15,17H,3,6-7,10-11H2,1H3,(H,18,19). The third-order valence-corrected chi connectivity index (χ3v) is 4.08. The monoisotopic (exact) mass is 261 g/mol. The van der Waals surface area contributed by atoms with Gasteiger partial charge >= 0.3 is 5.97 Å². The van der Waals surface area contributed by atoms with Crippen LogP contribution in [0.5, 0.6) is 0 Å². The van der Waals surface area contributed by atoms with E-state index < -0.39 is 12.0 Å². The molecule has 0 radical (unpaired) electrons. The van der Waals surface area contributed by atoms with Crippen molar-refractivity contribution in [3.05, 3.63) is 35.9 Å². The quantitative estimate of drug-likeness (QED) is 0.854. The largest absolute Gasteiger partial charge is 0.480 e. The number of nitrogens with one attached hydrogen (secondary N) is 1. The van der Waals surface area contributed by atoms with Crippen LogP contribution in [0.3, 0.4) is 0 Å². The molecule has 2 atom stereocenters. The van der Waals surface area contributed by atoms with E-state index in [4.69, 9.17) is 5.11 Å². The maximum absolute atomic E-state index is 11.1. The third kappa shape index (κ3) is 3.80. The molecular weight excluding hydrogens is 238 g/mol. The summed E-state index contributed by atoms with van der Waals surface area (Å²) in [4.78, 5) is 11.1. The summed E-state index contributed by atoms with van der Waals surface area (Å²) in [5, 5.41) is 12.4. The lowest BCUT2D eigenvalue weighted by molar-refractivity contribution is -0.139. The number of hydrogen-bond acceptors (Lipinski definition) is 2. The van der Waals surface area contributed by atoms with Crippen LogP contribution in [-0.2, 0) is 4.79 Å². The van der Waals surface area contributed by atoms with Gasteiger partial charge in [0.15, 0.2) is 0 Å². The molecule has 0 spiro atoms. The van der Waals surface area contributed by atoms with E-state index >= 15 is 0 Å². The summed E-state index contributed by atoms with van der Waals surface area (Å²) in [6, 6.07) is 9.90. The molecule has 2 unspecified atom stereocenters. The van der Waals surface area contributed by atoms with Gasteiger partial charge in [0, 0.05) is 6.04 Å². The Balaban J connectivity index is 2.15. The lowest BCUT2D eigenvalue weighted by atomic mass is 9.81. The van der Waals surface area contributed by atoms with Crippen molar-refractivity contribution in [1.82, 2.24) is 5.32 Å². The number of aliphatic carboxylic acids is 1. The summed E-state index contributed by atoms with van der Waals surface area (Å²) in [6.07, 6.45) is 6.22. The molecule has 0 saturated heterocycles. The van der Waals surface area contributed by atoms with Crippen molar-refractivity contribution in [1.29, 1.82) is 0 Å². The van der Waals surface area contributed by atoms with Crippen molar-refractivity contribution in [3.63, 3.8) is 0 Å². The summed E-state index contributed by atoms with van der Waals surface area (Å²) >= 11 is 0. The molecule has 1 aromatic rings. The lowest BCUT2D eigenvalue weighted by Crippen LogP contribution is -2.40. The molecule has 104 valence electrons. The van der Waals surface area contributed by atoms with Crippen LogP contribution in [0.4, 0.5) is 0 Å². The fraction of sp³-hybridized carbons (Fsp3) is 0.562. The normalized spacial score (nSPS) is 19.8. The van der Waals surface area contributed by atoms with Gasteiger partial charge in [0.05, 0.1) is 0 Å². The number of benzene rings is 1. The predicted octanol–water partition coefficient (Wildman–Crippen LogP) is 3.37. The van der Waals surface area contributed by atoms with Crippen molar-refractivity contribution < 1.29 is 9.90 Å². The van der Waals surface area contributed by atoms with E-state index in [1.54, 1.807) is 6.92 Å². The summed E-state index contributed by atoms with van der Waals surface area (Å²) in [7, 11) is 0. The van der Waals surface area contributed by atoms with Crippen molar-refractivity contribution in [2.45, 2.75) is 51.1 Å². The highest BCUT2D eigenvalue weighted by atomic mass is 16.4. The van der Waals surface area contributed by atoms with E-state index in [9.17, 15) is 4.79 Å². The van der Waals surface area contributed by atoms with Gasteiger partial charge in [0.1, 0.15) is 6.04 Å². The van der Waals surface area contributed by atoms with Crippen LogP contribution in [0.2, 0.25) is 0 Å². The molecule has 1 saturated carbocycles. The minimum atomic E-state index is -0.781. The molecule has 1 aliphatic carbocycles. The van der Waals surface area contributed by atoms with E-state index in [0.717, 1.165) is 0 Å². The van der Waals surface area contributed by atoms with Crippen LogP contribution in [0, 0.1) is 5.92 Å². The molecule has 0 heterocycles. The van der Waals surface area contributed by atoms with Gasteiger partial charge in [-0.2, -0.15) is 0 Å². The Bertz CT molecular complexity index is 398. The smallest absolute Gasteiger partial charge is 0.320 e. The molecule has 19 heavy (non-hydrogen) atoms. The number of carbonyl (C=O) groups is 1. The molecule has 2 N–H and O–H groups in total. The summed E-state index contributed by atoms with van der Waals surface area (Å²) in [5.74, 6) is -0.227. The molecule has 0 aromatic heterocycles. The maximum atomic E-state index is 11.1. The second-order valence-electron chi connectivity index (χ2n) is 5.51. The van der Waals surface area contributed by atoms with Crippen LogP contribution in [-0.4, -0.2) is 17.1 Å². The van der Waals surface area contributed by atoms with E-state index in [-0.39, 0.29) is 6.04 Å². The SMILES string of the molecule is CC(NC(c1ccccc1)C1CCCCC1)C(=O)O. The molecule has 2 rings (SSSR count). The molecule has 3 nitrogen and oxygen atoms in total. The van der Waals surface area contributed by atoms with Crippen molar-refractivity contribution in [2.24, 2.45) is 5.92 Å². The Morgan fingerprint density at radius 1 is 1.21 bits per heavy atom. The van der Waals surface area contributed by atoms with Gasteiger partial charge in [-0.25, -0.2) is 0 Å². The summed E-state index contributed by atoms with van der Waals surface area (Å²) in [5.41, 5.74) is 1.21. The van der Waals surface area contributed by atoms with E-state index in [1.807, 2.05) is 18.2 Å². The lowest BCUT2D eigenvalue weighted by Gasteiger charge is -2.32. The van der Waals surface area contributed by atoms with Crippen LogP contribution >= 0.6 is 0 Å². The Morgan fingerprint density at radius 2 is 1.84 bits per heavy atom. The van der Waals surface area contributed by atoms with Crippen molar-refractivity contribution in [3.8, 4) is 0 Å². The van der Waals surface area contributed by atoms with Gasteiger partial charge in [-0.1, -0.05) is 49.6 Å². The van der Waals surface area contributed by atoms with Crippen LogP contribution in [0.25, 0.3) is 0 Å². The maximum Gasteiger partial charge on any atom is 0.320 e. The van der Waals surface area contributed by atoms with Gasteiger partial charge in [-0.3, -0.25) is 10.1 Å². The first-order valence-electron chi connectivity index (χ1n) is 7.22. The Morgan fingerprint density at radius 3 is 2.42 bits per heavy atom. The second kappa shape index (κ2) is 6.71. The number of hydrogen-bond donors (Lipinski definition) is 2. The van der Waals surface area contributed by atoms with E-state index in [1.165, 1.54) is 37.7 Å². The molecule has 0 aliphatic heterocycles. The predicted molar refractivity (Wildman–Crippen MR) is 76.0 cm³/mol. The number of carboxylic acids is 1. The highest BCUT2D eigenvalue weighted by Crippen LogP contribution is 2.34. The first kappa shape index (κ1) is 14.1. The average molecular weight is 261 g/mol. The Kier molecular flexibility index (Phi) is 4.97. The molecule has 1 fully saturated rings. The van der Waals surface area contributed by atoms with E-state index in [0.29, 0.717) is 5.92 Å². The third-order valence-electron chi connectivity index (χ3n) is 4.08. The first-order chi connectivity index (χ1) is 9.18. The van der Waals surface area contributed by atoms with Crippen molar-refractivity contribution >= 4 is 5.97 Å². The molecule has 0 bridgehead atoms. The van der Waals surface area contributed by atoms with Gasteiger partial charge in [0.25, 0.3) is 0 Å². The number of rotatable bonds is 5. The highest BCUT2D eigenvalue weighted by molar-refractivity contribution is 5.72. The van der Waals surface area contributed by atoms with Gasteiger partial charge in [-0.05, 0) is 31.2 Å². The number of carboxylic acid groups (broad SMARTS) is 1. The van der Waals surface area contributed by atoms with Crippen molar-refractivity contribution in [2.75, 3.05) is 0 Å². The fourth-order valence-corrected chi connectivity index (χ4v) is 2.97. The van der Waals surface area contributed by atoms with Gasteiger partial charge < -0.3 is 5.11 Å². The fourth-order valence-electron chi connectivity index (χ4n) is 2.97. The van der Waals surface area contributed by atoms with Gasteiger partial charge in [0.2, 0.25) is 0 Å². The zero-order chi connectivity index (χ0) is 13.7. The second-order valence-corrected chi connectivity index (χ2v) is 5.51. The molecule has 3 heteroatoms. The first-order valence-corrected chi connectivity index (χ1v) is 7.22. The van der Waals surface area contributed by atoms with Crippen LogP contribution in [0.15, 0.2) is 30.3 Å². The Labute approximate surface area is 115 Å². The van der Waals surface area contributed by atoms with E-state index in [2.05, 4.69) is 17.4 Å². The zero-order valence-electron chi connectivity index (χ0n) is 11.5. The Hall–Kier alpha value is -1.35. The topological polar surface area (TPSA) is 49.3 Å². The molecular formula is C16H23NO2. The molecule has 1 aromatic carbocycles. The van der Waals surface area contributed by atoms with Gasteiger partial charge in [-0.15, -0.1) is 0 Å². The zero-order valence-corrected chi connectivity index (χ0v) is 11.5. The molecule has 0 amide bonds. The summed E-state index contributed by atoms with van der Waals surface area (Å²) < 4.78 is 0.